The number of carbonyl (C=O) groups excluding carboxylic acids is 2. The Morgan fingerprint density at radius 3 is 2.40 bits per heavy atom. The molecule has 0 spiro atoms. The van der Waals surface area contributed by atoms with Crippen LogP contribution in [0, 0.1) is 0 Å². The third-order valence-corrected chi connectivity index (χ3v) is 2.43. The molecule has 1 heterocycles. The molecule has 0 amide bonds. The second-order valence-corrected chi connectivity index (χ2v) is 4.10. The molecule has 0 N–H and O–H groups in total. The summed E-state index contributed by atoms with van der Waals surface area (Å²) in [6.07, 6.45) is 1.90. The summed E-state index contributed by atoms with van der Waals surface area (Å²) < 4.78 is 10.8. The molecule has 0 radical (unpaired) electrons. The Balaban J connectivity index is 2.15. The molecule has 0 saturated carbocycles. The van der Waals surface area contributed by atoms with E-state index in [1.165, 1.54) is 6.92 Å². The molecule has 15 heavy (non-hydrogen) atoms. The molecule has 1 fully saturated rings. The molecule has 0 atom stereocenters. The quantitative estimate of drug-likeness (QED) is 0.628. The van der Waals surface area contributed by atoms with E-state index in [0.717, 1.165) is 0 Å². The van der Waals surface area contributed by atoms with Gasteiger partial charge in [0.2, 0.25) is 0 Å². The van der Waals surface area contributed by atoms with Gasteiger partial charge >= 0.3 is 0 Å². The average Bonchev–Trinajstić information content (AvgIpc) is 2.51. The summed E-state index contributed by atoms with van der Waals surface area (Å²) in [5.74, 6) is -0.583. The third kappa shape index (κ3) is 4.53. The van der Waals surface area contributed by atoms with Crippen LogP contribution in [-0.2, 0) is 19.1 Å². The highest BCUT2D eigenvalue weighted by molar-refractivity contribution is 5.97. The summed E-state index contributed by atoms with van der Waals surface area (Å²) in [7, 11) is 0. The second-order valence-electron chi connectivity index (χ2n) is 4.10. The maximum atomic E-state index is 11.2. The van der Waals surface area contributed by atoms with Crippen molar-refractivity contribution in [2.24, 2.45) is 0 Å². The van der Waals surface area contributed by atoms with Crippen molar-refractivity contribution in [1.29, 1.82) is 0 Å². The minimum atomic E-state index is -0.517. The van der Waals surface area contributed by atoms with Gasteiger partial charge in [-0.2, -0.15) is 0 Å². The molecule has 0 aliphatic carbocycles. The Hall–Kier alpha value is -0.740. The molecule has 0 aromatic carbocycles. The molecule has 1 rings (SSSR count). The summed E-state index contributed by atoms with van der Waals surface area (Å²) >= 11 is 0. The lowest BCUT2D eigenvalue weighted by molar-refractivity contribution is -0.148. The van der Waals surface area contributed by atoms with Crippen molar-refractivity contribution >= 4 is 11.6 Å². The number of ether oxygens (including phenoxy) is 2. The largest absolute Gasteiger partial charge is 0.348 e. The number of ketones is 2. The first kappa shape index (κ1) is 12.3. The van der Waals surface area contributed by atoms with Crippen LogP contribution in [0.2, 0.25) is 0 Å². The van der Waals surface area contributed by atoms with Gasteiger partial charge in [0, 0.05) is 12.8 Å². The van der Waals surface area contributed by atoms with Crippen LogP contribution in [0.4, 0.5) is 0 Å². The fraction of sp³-hybridized carbons (Fsp3) is 0.818. The molecule has 0 bridgehead atoms. The topological polar surface area (TPSA) is 52.6 Å². The van der Waals surface area contributed by atoms with E-state index >= 15 is 0 Å². The number of carbonyl (C=O) groups is 2. The minimum absolute atomic E-state index is 0.00379. The van der Waals surface area contributed by atoms with Crippen molar-refractivity contribution < 1.29 is 19.1 Å². The first-order chi connectivity index (χ1) is 7.02. The second kappa shape index (κ2) is 5.37. The van der Waals surface area contributed by atoms with Gasteiger partial charge in [-0.1, -0.05) is 0 Å². The van der Waals surface area contributed by atoms with Gasteiger partial charge in [-0.25, -0.2) is 0 Å². The molecule has 4 nitrogen and oxygen atoms in total. The number of hydrogen-bond acceptors (Lipinski definition) is 4. The normalized spacial score (nSPS) is 19.1. The first-order valence-electron chi connectivity index (χ1n) is 5.31. The van der Waals surface area contributed by atoms with Crippen LogP contribution in [0.5, 0.6) is 0 Å². The molecule has 1 saturated heterocycles. The van der Waals surface area contributed by atoms with Crippen LogP contribution in [0.1, 0.15) is 39.5 Å². The molecular formula is C11H18O4. The molecule has 1 aliphatic heterocycles. The van der Waals surface area contributed by atoms with Gasteiger partial charge in [-0.15, -0.1) is 0 Å². The van der Waals surface area contributed by atoms with Crippen molar-refractivity contribution in [2.75, 3.05) is 13.2 Å². The van der Waals surface area contributed by atoms with Crippen LogP contribution in [0.3, 0.4) is 0 Å². The molecular weight excluding hydrogens is 196 g/mol. The lowest BCUT2D eigenvalue weighted by atomic mass is 10.1. The summed E-state index contributed by atoms with van der Waals surface area (Å²) in [5.41, 5.74) is 0. The fourth-order valence-electron chi connectivity index (χ4n) is 1.67. The van der Waals surface area contributed by atoms with Gasteiger partial charge in [0.15, 0.2) is 5.79 Å². The highest BCUT2D eigenvalue weighted by Crippen LogP contribution is 2.24. The maximum absolute atomic E-state index is 11.2. The molecule has 0 aromatic rings. The van der Waals surface area contributed by atoms with Crippen LogP contribution >= 0.6 is 0 Å². The molecule has 0 unspecified atom stereocenters. The van der Waals surface area contributed by atoms with Gasteiger partial charge in [0.25, 0.3) is 0 Å². The molecule has 4 heteroatoms. The predicted molar refractivity (Wildman–Crippen MR) is 54.5 cm³/mol. The van der Waals surface area contributed by atoms with Crippen molar-refractivity contribution in [1.82, 2.24) is 0 Å². The summed E-state index contributed by atoms with van der Waals surface area (Å²) in [4.78, 5) is 21.9. The van der Waals surface area contributed by atoms with Crippen molar-refractivity contribution in [2.45, 2.75) is 45.3 Å². The summed E-state index contributed by atoms with van der Waals surface area (Å²) in [5, 5.41) is 0. The summed E-state index contributed by atoms with van der Waals surface area (Å²) in [6.45, 7) is 4.56. The average molecular weight is 214 g/mol. The molecule has 0 aromatic heterocycles. The summed E-state index contributed by atoms with van der Waals surface area (Å²) in [6, 6.07) is 0. The number of rotatable bonds is 6. The first-order valence-corrected chi connectivity index (χ1v) is 5.31. The van der Waals surface area contributed by atoms with E-state index in [9.17, 15) is 9.59 Å². The SMILES string of the molecule is CC(=O)CC(=O)CCCC1(C)OCCO1. The van der Waals surface area contributed by atoms with Gasteiger partial charge in [0.05, 0.1) is 19.6 Å². The van der Waals surface area contributed by atoms with Crippen molar-refractivity contribution in [3.63, 3.8) is 0 Å². The van der Waals surface area contributed by atoms with E-state index < -0.39 is 5.79 Å². The Morgan fingerprint density at radius 2 is 1.87 bits per heavy atom. The standard InChI is InChI=1S/C11H18O4/c1-9(12)8-10(13)4-3-5-11(2)14-6-7-15-11/h3-8H2,1-2H3. The van der Waals surface area contributed by atoms with E-state index in [4.69, 9.17) is 9.47 Å². The van der Waals surface area contributed by atoms with E-state index in [0.29, 0.717) is 32.5 Å². The van der Waals surface area contributed by atoms with Crippen molar-refractivity contribution in [3.8, 4) is 0 Å². The van der Waals surface area contributed by atoms with Crippen LogP contribution < -0.4 is 0 Å². The highest BCUT2D eigenvalue weighted by Gasteiger charge is 2.30. The Labute approximate surface area is 89.9 Å². The van der Waals surface area contributed by atoms with Crippen LogP contribution in [-0.4, -0.2) is 30.6 Å². The lowest BCUT2D eigenvalue weighted by Crippen LogP contribution is -2.25. The van der Waals surface area contributed by atoms with E-state index in [-0.39, 0.29) is 18.0 Å². The number of Topliss-reactive ketones (excluding diaryl/α,β-unsaturated/α-hetero) is 2. The van der Waals surface area contributed by atoms with Gasteiger partial charge in [0.1, 0.15) is 11.6 Å². The van der Waals surface area contributed by atoms with E-state index in [2.05, 4.69) is 0 Å². The minimum Gasteiger partial charge on any atom is -0.348 e. The van der Waals surface area contributed by atoms with Gasteiger partial charge in [-0.3, -0.25) is 9.59 Å². The monoisotopic (exact) mass is 214 g/mol. The van der Waals surface area contributed by atoms with Crippen LogP contribution in [0.25, 0.3) is 0 Å². The van der Waals surface area contributed by atoms with Gasteiger partial charge < -0.3 is 9.47 Å². The third-order valence-electron chi connectivity index (χ3n) is 2.43. The fourth-order valence-corrected chi connectivity index (χ4v) is 1.67. The zero-order chi connectivity index (χ0) is 11.3. The predicted octanol–water partition coefficient (Wildman–Crippen LogP) is 1.47. The molecule has 1 aliphatic rings. The van der Waals surface area contributed by atoms with Gasteiger partial charge in [-0.05, 0) is 20.3 Å². The van der Waals surface area contributed by atoms with E-state index in [1.807, 2.05) is 6.92 Å². The Bertz CT molecular complexity index is 241. The smallest absolute Gasteiger partial charge is 0.165 e. The highest BCUT2D eigenvalue weighted by atomic mass is 16.7. The van der Waals surface area contributed by atoms with Crippen LogP contribution in [0.15, 0.2) is 0 Å². The maximum Gasteiger partial charge on any atom is 0.165 e. The van der Waals surface area contributed by atoms with Crippen molar-refractivity contribution in [3.05, 3.63) is 0 Å². The Morgan fingerprint density at radius 1 is 1.27 bits per heavy atom. The molecule has 86 valence electrons. The number of hydrogen-bond donors (Lipinski definition) is 0. The Kier molecular flexibility index (Phi) is 4.42. The lowest BCUT2D eigenvalue weighted by Gasteiger charge is -2.21. The van der Waals surface area contributed by atoms with E-state index in [1.54, 1.807) is 0 Å². The zero-order valence-corrected chi connectivity index (χ0v) is 9.38. The zero-order valence-electron chi connectivity index (χ0n) is 9.38.